The Kier molecular flexibility index (Phi) is 6.39. The summed E-state index contributed by atoms with van der Waals surface area (Å²) < 4.78 is 27.0. The molecule has 35 heavy (non-hydrogen) atoms. The zero-order chi connectivity index (χ0) is 24.7. The molecule has 0 spiro atoms. The topological polar surface area (TPSA) is 101 Å². The first kappa shape index (κ1) is 23.6. The van der Waals surface area contributed by atoms with E-state index in [-0.39, 0.29) is 29.2 Å². The number of anilines is 1. The molecule has 5 rings (SSSR count). The zero-order valence-electron chi connectivity index (χ0n) is 19.7. The Bertz CT molecular complexity index is 1210. The number of ether oxygens (including phenoxy) is 2. The normalized spacial score (nSPS) is 22.3. The maximum Gasteiger partial charge on any atom is 0.511 e. The molecule has 1 aromatic carbocycles. The third-order valence-corrected chi connectivity index (χ3v) is 7.35. The van der Waals surface area contributed by atoms with E-state index in [1.54, 1.807) is 13.0 Å². The first-order valence-corrected chi connectivity index (χ1v) is 12.3. The van der Waals surface area contributed by atoms with Gasteiger partial charge >= 0.3 is 12.1 Å². The second-order valence-electron chi connectivity index (χ2n) is 9.62. The first-order valence-electron chi connectivity index (χ1n) is 12.3. The van der Waals surface area contributed by atoms with Gasteiger partial charge < -0.3 is 24.0 Å². The smallest absolute Gasteiger partial charge is 0.466 e. The molecule has 0 radical (unpaired) electrons. The van der Waals surface area contributed by atoms with Crippen molar-refractivity contribution in [3.8, 4) is 5.75 Å². The molecule has 0 bridgehead atoms. The van der Waals surface area contributed by atoms with Crippen molar-refractivity contribution in [3.05, 3.63) is 34.4 Å². The van der Waals surface area contributed by atoms with Crippen LogP contribution in [0.2, 0.25) is 0 Å². The summed E-state index contributed by atoms with van der Waals surface area (Å²) >= 11 is 0. The molecular weight excluding hydrogens is 457 g/mol. The van der Waals surface area contributed by atoms with Crippen molar-refractivity contribution in [3.63, 3.8) is 0 Å². The third-order valence-electron chi connectivity index (χ3n) is 7.35. The lowest BCUT2D eigenvalue weighted by Gasteiger charge is -2.36. The van der Waals surface area contributed by atoms with Crippen LogP contribution in [0.4, 0.5) is 14.9 Å². The number of nitrogens with zero attached hydrogens (tertiary/aromatic N) is 3. The van der Waals surface area contributed by atoms with Crippen molar-refractivity contribution in [2.75, 3.05) is 37.7 Å². The van der Waals surface area contributed by atoms with Crippen molar-refractivity contribution >= 4 is 28.7 Å². The standard InChI is InChI=1S/C25H30FN3O6/c1-2-34-23(30)7-9-27-8-3-4-15-12-28(13-21(15)27)20-11-19-17(10-18(20)26)24(31)22(35-25(32)33)14-29(19)16-5-6-16/h10-11,14-16,21H,2-9,12-13H2,1H3,(H,32,33)/t15-,21+/m0/s1. The fraction of sp³-hybridized carbons (Fsp3) is 0.560. The van der Waals surface area contributed by atoms with E-state index in [0.717, 1.165) is 32.2 Å². The lowest BCUT2D eigenvalue weighted by atomic mass is 9.92. The van der Waals surface area contributed by atoms with Crippen LogP contribution in [0.15, 0.2) is 23.1 Å². The highest BCUT2D eigenvalue weighted by atomic mass is 19.1. The molecule has 0 unspecified atom stereocenters. The predicted molar refractivity (Wildman–Crippen MR) is 127 cm³/mol. The molecule has 2 atom stereocenters. The molecule has 1 saturated carbocycles. The van der Waals surface area contributed by atoms with E-state index in [9.17, 15) is 14.4 Å². The van der Waals surface area contributed by atoms with Crippen molar-refractivity contribution in [1.82, 2.24) is 9.47 Å². The van der Waals surface area contributed by atoms with Gasteiger partial charge in [-0.05, 0) is 57.2 Å². The summed E-state index contributed by atoms with van der Waals surface area (Å²) in [6.07, 6.45) is 4.09. The Balaban J connectivity index is 1.44. The Hall–Kier alpha value is -3.14. The van der Waals surface area contributed by atoms with Gasteiger partial charge in [0, 0.05) is 31.7 Å². The predicted octanol–water partition coefficient (Wildman–Crippen LogP) is 3.39. The number of carbonyl (C=O) groups is 2. The maximum absolute atomic E-state index is 15.4. The number of carboxylic acid groups (broad SMARTS) is 1. The minimum Gasteiger partial charge on any atom is -0.466 e. The highest BCUT2D eigenvalue weighted by Gasteiger charge is 2.40. The van der Waals surface area contributed by atoms with Crippen LogP contribution in [-0.4, -0.2) is 65.5 Å². The molecule has 1 N–H and O–H groups in total. The van der Waals surface area contributed by atoms with Crippen LogP contribution >= 0.6 is 0 Å². The first-order chi connectivity index (χ1) is 16.9. The Morgan fingerprint density at radius 2 is 2.00 bits per heavy atom. The van der Waals surface area contributed by atoms with E-state index in [1.165, 1.54) is 12.3 Å². The molecule has 188 valence electrons. The van der Waals surface area contributed by atoms with Gasteiger partial charge in [0.1, 0.15) is 5.82 Å². The summed E-state index contributed by atoms with van der Waals surface area (Å²) in [6, 6.07) is 3.29. The molecule has 10 heteroatoms. The van der Waals surface area contributed by atoms with Crippen LogP contribution in [0.25, 0.3) is 10.9 Å². The molecule has 1 aromatic heterocycles. The Morgan fingerprint density at radius 3 is 2.71 bits per heavy atom. The minimum absolute atomic E-state index is 0.115. The van der Waals surface area contributed by atoms with E-state index in [0.29, 0.717) is 49.8 Å². The van der Waals surface area contributed by atoms with Gasteiger partial charge in [0.25, 0.3) is 0 Å². The number of hydrogen-bond acceptors (Lipinski definition) is 7. The number of aromatic nitrogens is 1. The van der Waals surface area contributed by atoms with Crippen LogP contribution in [0.1, 0.15) is 45.1 Å². The summed E-state index contributed by atoms with van der Waals surface area (Å²) in [7, 11) is 0. The summed E-state index contributed by atoms with van der Waals surface area (Å²) in [5, 5.41) is 9.10. The van der Waals surface area contributed by atoms with Crippen molar-refractivity contribution in [2.24, 2.45) is 5.92 Å². The molecule has 3 aliphatic rings. The summed E-state index contributed by atoms with van der Waals surface area (Å²) in [4.78, 5) is 40.1. The van der Waals surface area contributed by atoms with Crippen molar-refractivity contribution < 1.29 is 28.6 Å². The molecule has 9 nitrogen and oxygen atoms in total. The number of esters is 1. The number of halogens is 1. The number of piperidine rings is 1. The number of likely N-dealkylation sites (tertiary alicyclic amines) is 1. The van der Waals surface area contributed by atoms with E-state index >= 15 is 4.39 Å². The lowest BCUT2D eigenvalue weighted by molar-refractivity contribution is -0.143. The average molecular weight is 488 g/mol. The second-order valence-corrected chi connectivity index (χ2v) is 9.62. The monoisotopic (exact) mass is 487 g/mol. The van der Waals surface area contributed by atoms with Crippen LogP contribution in [0.3, 0.4) is 0 Å². The Morgan fingerprint density at radius 1 is 1.20 bits per heavy atom. The second kappa shape index (κ2) is 9.49. The quantitative estimate of drug-likeness (QED) is 0.593. The van der Waals surface area contributed by atoms with E-state index in [2.05, 4.69) is 9.64 Å². The highest BCUT2D eigenvalue weighted by Crippen LogP contribution is 2.40. The van der Waals surface area contributed by atoms with E-state index in [1.807, 2.05) is 9.47 Å². The van der Waals surface area contributed by atoms with E-state index < -0.39 is 17.4 Å². The highest BCUT2D eigenvalue weighted by molar-refractivity contribution is 5.85. The fourth-order valence-electron chi connectivity index (χ4n) is 5.61. The number of rotatable bonds is 7. The summed E-state index contributed by atoms with van der Waals surface area (Å²) in [5.41, 5.74) is 0.392. The number of benzene rings is 1. The summed E-state index contributed by atoms with van der Waals surface area (Å²) in [6.45, 7) is 5.05. The van der Waals surface area contributed by atoms with Gasteiger partial charge in [-0.2, -0.15) is 0 Å². The largest absolute Gasteiger partial charge is 0.511 e. The number of carbonyl (C=O) groups excluding carboxylic acids is 1. The lowest BCUT2D eigenvalue weighted by Crippen LogP contribution is -2.46. The molecule has 1 aliphatic carbocycles. The molecule has 2 aromatic rings. The molecule has 0 amide bonds. The third kappa shape index (κ3) is 4.71. The molecule has 2 aliphatic heterocycles. The molecule has 2 saturated heterocycles. The number of pyridine rings is 1. The van der Waals surface area contributed by atoms with Gasteiger partial charge in [-0.15, -0.1) is 0 Å². The zero-order valence-corrected chi connectivity index (χ0v) is 19.7. The minimum atomic E-state index is -1.58. The van der Waals surface area contributed by atoms with Gasteiger partial charge in [-0.25, -0.2) is 9.18 Å². The molecule has 3 heterocycles. The number of hydrogen-bond donors (Lipinski definition) is 1. The summed E-state index contributed by atoms with van der Waals surface area (Å²) in [5.74, 6) is -0.651. The molecule has 3 fully saturated rings. The van der Waals surface area contributed by atoms with Crippen molar-refractivity contribution in [1.29, 1.82) is 0 Å². The van der Waals surface area contributed by atoms with E-state index in [4.69, 9.17) is 9.84 Å². The van der Waals surface area contributed by atoms with Gasteiger partial charge in [0.2, 0.25) is 5.43 Å². The van der Waals surface area contributed by atoms with Gasteiger partial charge in [-0.3, -0.25) is 14.5 Å². The van der Waals surface area contributed by atoms with Gasteiger partial charge in [0.05, 0.1) is 35.8 Å². The SMILES string of the molecule is CCOC(=O)CCN1CCC[C@H]2CN(c3cc4c(cc3F)c(=O)c(OC(=O)O)cn4C3CC3)C[C@H]21. The van der Waals surface area contributed by atoms with Crippen LogP contribution in [-0.2, 0) is 9.53 Å². The fourth-order valence-corrected chi connectivity index (χ4v) is 5.61. The van der Waals surface area contributed by atoms with Gasteiger partial charge in [0.15, 0.2) is 5.75 Å². The van der Waals surface area contributed by atoms with Crippen LogP contribution in [0, 0.1) is 11.7 Å². The maximum atomic E-state index is 15.4. The van der Waals surface area contributed by atoms with Crippen LogP contribution in [0.5, 0.6) is 5.75 Å². The average Bonchev–Trinajstić information content (AvgIpc) is 3.57. The number of fused-ring (bicyclic) bond motifs is 2. The molecular formula is C25H30FN3O6. The van der Waals surface area contributed by atoms with Crippen molar-refractivity contribution in [2.45, 2.75) is 51.1 Å². The van der Waals surface area contributed by atoms with Crippen LogP contribution < -0.4 is 15.1 Å². The Labute approximate surface area is 202 Å². The van der Waals surface area contributed by atoms with Gasteiger partial charge in [-0.1, -0.05) is 0 Å².